The summed E-state index contributed by atoms with van der Waals surface area (Å²) in [7, 11) is 1.46. The van der Waals surface area contributed by atoms with Gasteiger partial charge in [0.1, 0.15) is 6.10 Å². The second-order valence-corrected chi connectivity index (χ2v) is 2.56. The molecule has 0 saturated carbocycles. The van der Waals surface area contributed by atoms with Gasteiger partial charge in [0.25, 0.3) is 0 Å². The van der Waals surface area contributed by atoms with E-state index in [0.29, 0.717) is 13.0 Å². The van der Waals surface area contributed by atoms with Crippen LogP contribution in [-0.4, -0.2) is 32.2 Å². The zero-order valence-corrected chi connectivity index (χ0v) is 7.88. The van der Waals surface area contributed by atoms with Gasteiger partial charge in [0.2, 0.25) is 5.91 Å². The molecule has 0 aliphatic rings. The highest BCUT2D eigenvalue weighted by molar-refractivity contribution is 5.80. The molecule has 3 N–H and O–H groups in total. The van der Waals surface area contributed by atoms with Crippen LogP contribution in [0.5, 0.6) is 0 Å². The Kier molecular flexibility index (Phi) is 6.98. The molecule has 4 nitrogen and oxygen atoms in total. The van der Waals surface area contributed by atoms with Gasteiger partial charge in [-0.25, -0.2) is 0 Å². The van der Waals surface area contributed by atoms with E-state index in [1.165, 1.54) is 7.11 Å². The highest BCUT2D eigenvalue weighted by atomic mass is 16.5. The maximum absolute atomic E-state index is 11.2. The maximum atomic E-state index is 11.2. The number of hydrogen-bond acceptors (Lipinski definition) is 3. The summed E-state index contributed by atoms with van der Waals surface area (Å²) in [6, 6.07) is 0. The first-order valence-corrected chi connectivity index (χ1v) is 4.20. The quantitative estimate of drug-likeness (QED) is 0.431. The fourth-order valence-electron chi connectivity index (χ4n) is 0.826. The number of unbranched alkanes of at least 4 members (excludes halogenated alkanes) is 1. The third-order valence-electron chi connectivity index (χ3n) is 1.59. The van der Waals surface area contributed by atoms with E-state index in [2.05, 4.69) is 11.2 Å². The van der Waals surface area contributed by atoms with Gasteiger partial charge >= 0.3 is 0 Å². The number of amides is 1. The standard InChI is InChI=1S/C9H16N2O2/c1-3-4-5-6-11-9(12)8(7-10)13-2/h1,8H,4-7,10H2,2H3,(H,11,12). The van der Waals surface area contributed by atoms with Crippen molar-refractivity contribution >= 4 is 5.91 Å². The Labute approximate surface area is 78.8 Å². The van der Waals surface area contributed by atoms with Gasteiger partial charge in [0.05, 0.1) is 0 Å². The summed E-state index contributed by atoms with van der Waals surface area (Å²) in [6.07, 6.45) is 5.95. The predicted octanol–water partition coefficient (Wildman–Crippen LogP) is -0.510. The zero-order chi connectivity index (χ0) is 10.1. The smallest absolute Gasteiger partial charge is 0.250 e. The highest BCUT2D eigenvalue weighted by Gasteiger charge is 2.13. The van der Waals surface area contributed by atoms with Crippen molar-refractivity contribution < 1.29 is 9.53 Å². The average molecular weight is 184 g/mol. The molecule has 1 atom stereocenters. The topological polar surface area (TPSA) is 64.4 Å². The summed E-state index contributed by atoms with van der Waals surface area (Å²) in [4.78, 5) is 11.2. The lowest BCUT2D eigenvalue weighted by atomic mass is 10.3. The Balaban J connectivity index is 3.55. The lowest BCUT2D eigenvalue weighted by Gasteiger charge is -2.12. The van der Waals surface area contributed by atoms with Crippen LogP contribution >= 0.6 is 0 Å². The van der Waals surface area contributed by atoms with Crippen molar-refractivity contribution in [3.63, 3.8) is 0 Å². The molecule has 1 unspecified atom stereocenters. The number of carbonyl (C=O) groups is 1. The van der Waals surface area contributed by atoms with Crippen molar-refractivity contribution in [1.82, 2.24) is 5.32 Å². The van der Waals surface area contributed by atoms with Gasteiger partial charge in [-0.1, -0.05) is 0 Å². The van der Waals surface area contributed by atoms with Gasteiger partial charge in [0.15, 0.2) is 0 Å². The summed E-state index contributed by atoms with van der Waals surface area (Å²) >= 11 is 0. The first-order valence-electron chi connectivity index (χ1n) is 4.20. The number of rotatable bonds is 6. The minimum atomic E-state index is -0.550. The Morgan fingerprint density at radius 3 is 2.92 bits per heavy atom. The van der Waals surface area contributed by atoms with Crippen LogP contribution in [0.2, 0.25) is 0 Å². The number of carbonyl (C=O) groups excluding carboxylic acids is 1. The number of nitrogens with one attached hydrogen (secondary N) is 1. The van der Waals surface area contributed by atoms with Crippen LogP contribution in [0.15, 0.2) is 0 Å². The van der Waals surface area contributed by atoms with Crippen LogP contribution < -0.4 is 11.1 Å². The molecular weight excluding hydrogens is 168 g/mol. The second kappa shape index (κ2) is 7.59. The van der Waals surface area contributed by atoms with Crippen LogP contribution in [0.1, 0.15) is 12.8 Å². The van der Waals surface area contributed by atoms with E-state index in [0.717, 1.165) is 6.42 Å². The molecule has 0 fully saturated rings. The largest absolute Gasteiger partial charge is 0.370 e. The lowest BCUT2D eigenvalue weighted by molar-refractivity contribution is -0.130. The van der Waals surface area contributed by atoms with Crippen LogP contribution in [0.4, 0.5) is 0 Å². The molecular formula is C9H16N2O2. The highest BCUT2D eigenvalue weighted by Crippen LogP contribution is 1.88. The van der Waals surface area contributed by atoms with Crippen molar-refractivity contribution in [2.24, 2.45) is 5.73 Å². The number of terminal acetylenes is 1. The van der Waals surface area contributed by atoms with Crippen molar-refractivity contribution in [2.45, 2.75) is 18.9 Å². The number of nitrogens with two attached hydrogens (primary N) is 1. The molecule has 0 aromatic rings. The monoisotopic (exact) mass is 184 g/mol. The fraction of sp³-hybridized carbons (Fsp3) is 0.667. The lowest BCUT2D eigenvalue weighted by Crippen LogP contribution is -2.40. The molecule has 0 radical (unpaired) electrons. The molecule has 0 heterocycles. The number of methoxy groups -OCH3 is 1. The first-order chi connectivity index (χ1) is 6.26. The van der Waals surface area contributed by atoms with E-state index in [9.17, 15) is 4.79 Å². The van der Waals surface area contributed by atoms with Crippen molar-refractivity contribution in [3.8, 4) is 12.3 Å². The normalized spacial score (nSPS) is 11.8. The molecule has 0 spiro atoms. The van der Waals surface area contributed by atoms with Crippen LogP contribution in [0.3, 0.4) is 0 Å². The zero-order valence-electron chi connectivity index (χ0n) is 7.88. The molecule has 4 heteroatoms. The van der Waals surface area contributed by atoms with Crippen molar-refractivity contribution in [1.29, 1.82) is 0 Å². The van der Waals surface area contributed by atoms with Gasteiger partial charge in [-0.2, -0.15) is 0 Å². The Bertz CT molecular complexity index is 183. The molecule has 1 amide bonds. The van der Waals surface area contributed by atoms with Gasteiger partial charge in [-0.05, 0) is 6.42 Å². The summed E-state index contributed by atoms with van der Waals surface area (Å²) in [5, 5.41) is 2.68. The molecule has 0 aromatic carbocycles. The fourth-order valence-corrected chi connectivity index (χ4v) is 0.826. The Hall–Kier alpha value is -1.05. The molecule has 0 aliphatic heterocycles. The third-order valence-corrected chi connectivity index (χ3v) is 1.59. The third kappa shape index (κ3) is 5.23. The molecule has 0 rings (SSSR count). The molecule has 0 bridgehead atoms. The summed E-state index contributed by atoms with van der Waals surface area (Å²) < 4.78 is 4.84. The van der Waals surface area contributed by atoms with E-state index >= 15 is 0 Å². The molecule has 0 aliphatic carbocycles. The summed E-state index contributed by atoms with van der Waals surface area (Å²) in [5.41, 5.74) is 5.30. The minimum absolute atomic E-state index is 0.179. The van der Waals surface area contributed by atoms with E-state index in [1.807, 2.05) is 0 Å². The maximum Gasteiger partial charge on any atom is 0.250 e. The van der Waals surface area contributed by atoms with Crippen molar-refractivity contribution in [2.75, 3.05) is 20.2 Å². The molecule has 0 saturated heterocycles. The minimum Gasteiger partial charge on any atom is -0.370 e. The van der Waals surface area contributed by atoms with E-state index in [-0.39, 0.29) is 12.5 Å². The first kappa shape index (κ1) is 11.9. The van der Waals surface area contributed by atoms with Gasteiger partial charge in [-0.15, -0.1) is 12.3 Å². The van der Waals surface area contributed by atoms with Crippen molar-refractivity contribution in [3.05, 3.63) is 0 Å². The van der Waals surface area contributed by atoms with E-state index in [4.69, 9.17) is 16.9 Å². The SMILES string of the molecule is C#CCCCNC(=O)C(CN)OC. The summed E-state index contributed by atoms with van der Waals surface area (Å²) in [5.74, 6) is 2.31. The van der Waals surface area contributed by atoms with Crippen LogP contribution in [0.25, 0.3) is 0 Å². The van der Waals surface area contributed by atoms with Gasteiger partial charge < -0.3 is 15.8 Å². The van der Waals surface area contributed by atoms with E-state index < -0.39 is 6.10 Å². The average Bonchev–Trinajstić information content (AvgIpc) is 2.14. The number of hydrogen-bond donors (Lipinski definition) is 2. The number of ether oxygens (including phenoxy) is 1. The molecule has 74 valence electrons. The predicted molar refractivity (Wildman–Crippen MR) is 50.9 cm³/mol. The second-order valence-electron chi connectivity index (χ2n) is 2.56. The van der Waals surface area contributed by atoms with Crippen LogP contribution in [-0.2, 0) is 9.53 Å². The molecule has 13 heavy (non-hydrogen) atoms. The van der Waals surface area contributed by atoms with Gasteiger partial charge in [-0.3, -0.25) is 4.79 Å². The Morgan fingerprint density at radius 2 is 2.46 bits per heavy atom. The van der Waals surface area contributed by atoms with E-state index in [1.54, 1.807) is 0 Å². The summed E-state index contributed by atoms with van der Waals surface area (Å²) in [6.45, 7) is 0.764. The van der Waals surface area contributed by atoms with Crippen LogP contribution in [0, 0.1) is 12.3 Å². The Morgan fingerprint density at radius 1 is 1.77 bits per heavy atom. The van der Waals surface area contributed by atoms with Gasteiger partial charge in [0, 0.05) is 26.6 Å². The molecule has 0 aromatic heterocycles.